The lowest BCUT2D eigenvalue weighted by atomic mass is 10.2. The van der Waals surface area contributed by atoms with E-state index in [1.54, 1.807) is 0 Å². The van der Waals surface area contributed by atoms with E-state index in [2.05, 4.69) is 10.2 Å². The summed E-state index contributed by atoms with van der Waals surface area (Å²) in [5, 5.41) is 28.1. The van der Waals surface area contributed by atoms with Gasteiger partial charge in [-0.05, 0) is 12.1 Å². The summed E-state index contributed by atoms with van der Waals surface area (Å²) in [7, 11) is -4.93. The molecule has 0 aliphatic carbocycles. The lowest BCUT2D eigenvalue weighted by Gasteiger charge is -2.05. The minimum atomic E-state index is -4.93. The Morgan fingerprint density at radius 1 is 1.08 bits per heavy atom. The Kier molecular flexibility index (Phi) is 4.78. The number of phenols is 1. The Hall–Kier alpha value is -2.96. The maximum Gasteiger partial charge on any atom is 0.298 e. The molecule has 11 nitrogen and oxygen atoms in total. The van der Waals surface area contributed by atoms with Crippen molar-refractivity contribution in [3.8, 4) is 5.75 Å². The highest BCUT2D eigenvalue weighted by Gasteiger charge is 2.24. The molecule has 0 fully saturated rings. The molecule has 0 atom stereocenters. The van der Waals surface area contributed by atoms with Crippen molar-refractivity contribution in [2.75, 3.05) is 11.5 Å². The molecule has 0 aromatic heterocycles. The zero-order valence-electron chi connectivity index (χ0n) is 12.1. The molecule has 6 N–H and O–H groups in total. The standard InChI is InChI=1S/C12H10ClN5O6S/c13-6-3-9(8(15)4-7(6)14)16-17-10-1-5(18(20)21)2-11(12(10)19)25(22,23)24/h1-4,19H,14-15H2,(H,22,23,24). The van der Waals surface area contributed by atoms with Gasteiger partial charge in [0, 0.05) is 12.1 Å². The lowest BCUT2D eigenvalue weighted by molar-refractivity contribution is -0.385. The average molecular weight is 388 g/mol. The second-order valence-corrected chi connectivity index (χ2v) is 6.47. The van der Waals surface area contributed by atoms with Gasteiger partial charge in [-0.3, -0.25) is 14.7 Å². The molecule has 0 spiro atoms. The predicted molar refractivity (Wildman–Crippen MR) is 89.0 cm³/mol. The molecule has 13 heteroatoms. The van der Waals surface area contributed by atoms with Crippen molar-refractivity contribution in [2.24, 2.45) is 10.2 Å². The number of nitro groups is 1. The van der Waals surface area contributed by atoms with Crippen molar-refractivity contribution in [3.05, 3.63) is 39.4 Å². The van der Waals surface area contributed by atoms with Crippen LogP contribution < -0.4 is 11.5 Å². The molecule has 2 aromatic rings. The zero-order chi connectivity index (χ0) is 18.9. The predicted octanol–water partition coefficient (Wildman–Crippen LogP) is 2.78. The normalized spacial score (nSPS) is 11.8. The van der Waals surface area contributed by atoms with Gasteiger partial charge in [0.05, 0.1) is 21.3 Å². The fraction of sp³-hybridized carbons (Fsp3) is 0. The molecule has 0 aliphatic heterocycles. The maximum absolute atomic E-state index is 11.2. The largest absolute Gasteiger partial charge is 0.504 e. The van der Waals surface area contributed by atoms with Gasteiger partial charge in [0.2, 0.25) is 0 Å². The average Bonchev–Trinajstić information content (AvgIpc) is 2.49. The van der Waals surface area contributed by atoms with Crippen molar-refractivity contribution in [1.82, 2.24) is 0 Å². The van der Waals surface area contributed by atoms with Gasteiger partial charge in [-0.25, -0.2) is 0 Å². The van der Waals surface area contributed by atoms with Crippen LogP contribution in [0.25, 0.3) is 0 Å². The van der Waals surface area contributed by atoms with Gasteiger partial charge in [0.25, 0.3) is 15.8 Å². The topological polar surface area (TPSA) is 194 Å². The van der Waals surface area contributed by atoms with E-state index in [1.165, 1.54) is 12.1 Å². The molecular weight excluding hydrogens is 378 g/mol. The summed E-state index contributed by atoms with van der Waals surface area (Å²) in [6, 6.07) is 3.81. The first kappa shape index (κ1) is 18.4. The summed E-state index contributed by atoms with van der Waals surface area (Å²) in [4.78, 5) is 8.86. The van der Waals surface area contributed by atoms with Crippen LogP contribution in [0.2, 0.25) is 5.02 Å². The smallest absolute Gasteiger partial charge is 0.298 e. The van der Waals surface area contributed by atoms with E-state index in [1.807, 2.05) is 0 Å². The van der Waals surface area contributed by atoms with Crippen LogP contribution in [-0.2, 0) is 10.1 Å². The van der Waals surface area contributed by atoms with E-state index in [-0.39, 0.29) is 22.1 Å². The fourth-order valence-corrected chi connectivity index (χ4v) is 2.53. The Morgan fingerprint density at radius 3 is 2.24 bits per heavy atom. The molecule has 0 bridgehead atoms. The molecule has 0 heterocycles. The number of aromatic hydroxyl groups is 1. The Morgan fingerprint density at radius 2 is 1.68 bits per heavy atom. The van der Waals surface area contributed by atoms with Crippen molar-refractivity contribution in [1.29, 1.82) is 0 Å². The summed E-state index contributed by atoms with van der Waals surface area (Å²) < 4.78 is 31.5. The molecule has 0 saturated heterocycles. The van der Waals surface area contributed by atoms with Crippen LogP contribution >= 0.6 is 11.6 Å². The second-order valence-electron chi connectivity index (χ2n) is 4.68. The van der Waals surface area contributed by atoms with E-state index in [0.29, 0.717) is 6.07 Å². The number of halogens is 1. The number of azo groups is 1. The number of benzene rings is 2. The molecule has 0 saturated carbocycles. The molecule has 25 heavy (non-hydrogen) atoms. The number of phenolic OH excluding ortho intramolecular Hbond substituents is 1. The number of hydrogen-bond donors (Lipinski definition) is 4. The summed E-state index contributed by atoms with van der Waals surface area (Å²) >= 11 is 5.82. The Bertz CT molecular complexity index is 1010. The van der Waals surface area contributed by atoms with Crippen LogP contribution in [0.1, 0.15) is 0 Å². The molecule has 0 radical (unpaired) electrons. The van der Waals surface area contributed by atoms with Crippen LogP contribution in [-0.4, -0.2) is 23.0 Å². The van der Waals surface area contributed by atoms with Crippen molar-refractivity contribution >= 4 is 50.2 Å². The minimum Gasteiger partial charge on any atom is -0.504 e. The van der Waals surface area contributed by atoms with Gasteiger partial charge in [-0.1, -0.05) is 11.6 Å². The maximum atomic E-state index is 11.2. The SMILES string of the molecule is Nc1cc(N)c(N=Nc2cc([N+](=O)[O-])cc(S(=O)(=O)O)c2O)cc1Cl. The fourth-order valence-electron chi connectivity index (χ4n) is 1.75. The Balaban J connectivity index is 2.61. The number of anilines is 2. The number of nitro benzene ring substituents is 1. The van der Waals surface area contributed by atoms with E-state index >= 15 is 0 Å². The number of nitrogens with zero attached hydrogens (tertiary/aromatic N) is 3. The van der Waals surface area contributed by atoms with Crippen LogP contribution in [0.15, 0.2) is 39.4 Å². The quantitative estimate of drug-likeness (QED) is 0.202. The van der Waals surface area contributed by atoms with Gasteiger partial charge in [0.1, 0.15) is 16.3 Å². The van der Waals surface area contributed by atoms with Crippen LogP contribution in [0, 0.1) is 10.1 Å². The summed E-state index contributed by atoms with van der Waals surface area (Å²) in [6.45, 7) is 0. The highest BCUT2D eigenvalue weighted by molar-refractivity contribution is 7.86. The minimum absolute atomic E-state index is 0.0264. The summed E-state index contributed by atoms with van der Waals surface area (Å²) in [5.74, 6) is -1.02. The lowest BCUT2D eigenvalue weighted by Crippen LogP contribution is -2.00. The molecule has 0 aliphatic rings. The highest BCUT2D eigenvalue weighted by atomic mass is 35.5. The number of hydrogen-bond acceptors (Lipinski definition) is 9. The monoisotopic (exact) mass is 387 g/mol. The van der Waals surface area contributed by atoms with Crippen LogP contribution in [0.4, 0.5) is 28.4 Å². The number of rotatable bonds is 4. The third-order valence-corrected chi connectivity index (χ3v) is 4.13. The van der Waals surface area contributed by atoms with E-state index in [9.17, 15) is 23.6 Å². The molecule has 2 aromatic carbocycles. The summed E-state index contributed by atoms with van der Waals surface area (Å²) in [6.07, 6.45) is 0. The van der Waals surface area contributed by atoms with Gasteiger partial charge in [-0.15, -0.1) is 10.2 Å². The van der Waals surface area contributed by atoms with Crippen molar-refractivity contribution in [3.63, 3.8) is 0 Å². The van der Waals surface area contributed by atoms with Gasteiger partial charge in [0.15, 0.2) is 5.75 Å². The van der Waals surface area contributed by atoms with E-state index in [0.717, 1.165) is 6.07 Å². The molecule has 132 valence electrons. The van der Waals surface area contributed by atoms with Gasteiger partial charge < -0.3 is 16.6 Å². The van der Waals surface area contributed by atoms with Crippen molar-refractivity contribution < 1.29 is 23.0 Å². The first-order valence-electron chi connectivity index (χ1n) is 6.26. The third-order valence-electron chi connectivity index (χ3n) is 2.94. The summed E-state index contributed by atoms with van der Waals surface area (Å²) in [5.41, 5.74) is 10.2. The molecule has 0 unspecified atom stereocenters. The number of non-ortho nitro benzene ring substituents is 1. The van der Waals surface area contributed by atoms with Crippen LogP contribution in [0.3, 0.4) is 0 Å². The van der Waals surface area contributed by atoms with E-state index < -0.39 is 37.1 Å². The first-order chi connectivity index (χ1) is 11.5. The van der Waals surface area contributed by atoms with Crippen molar-refractivity contribution in [2.45, 2.75) is 4.90 Å². The molecular formula is C12H10ClN5O6S. The number of nitrogen functional groups attached to an aromatic ring is 2. The van der Waals surface area contributed by atoms with Gasteiger partial charge >= 0.3 is 0 Å². The molecule has 2 rings (SSSR count). The Labute approximate surface area is 145 Å². The second kappa shape index (κ2) is 6.51. The van der Waals surface area contributed by atoms with E-state index in [4.69, 9.17) is 27.6 Å². The zero-order valence-corrected chi connectivity index (χ0v) is 13.7. The van der Waals surface area contributed by atoms with Crippen LogP contribution in [0.5, 0.6) is 5.75 Å². The van der Waals surface area contributed by atoms with Gasteiger partial charge in [-0.2, -0.15) is 8.42 Å². The highest BCUT2D eigenvalue weighted by Crippen LogP contribution is 2.39. The third kappa shape index (κ3) is 3.93. The molecule has 0 amide bonds. The number of nitrogens with two attached hydrogens (primary N) is 2. The first-order valence-corrected chi connectivity index (χ1v) is 8.07.